The molecule has 1 aromatic heterocycles. The van der Waals surface area contributed by atoms with E-state index in [0.717, 1.165) is 11.3 Å². The van der Waals surface area contributed by atoms with Crippen LogP contribution in [0.3, 0.4) is 0 Å². The summed E-state index contributed by atoms with van der Waals surface area (Å²) in [5.74, 6) is 0.0191. The van der Waals surface area contributed by atoms with E-state index in [1.54, 1.807) is 29.2 Å². The molecule has 25 heavy (non-hydrogen) atoms. The fraction of sp³-hybridized carbons (Fsp3) is 0.167. The Kier molecular flexibility index (Phi) is 4.94. The van der Waals surface area contributed by atoms with Gasteiger partial charge < -0.3 is 15.2 Å². The van der Waals surface area contributed by atoms with Crippen molar-refractivity contribution in [2.75, 3.05) is 6.61 Å². The summed E-state index contributed by atoms with van der Waals surface area (Å²) in [6.45, 7) is 1.72. The zero-order valence-electron chi connectivity index (χ0n) is 13.7. The molecule has 2 N–H and O–H groups in total. The van der Waals surface area contributed by atoms with Gasteiger partial charge in [-0.1, -0.05) is 24.3 Å². The topological polar surface area (TPSA) is 89.3 Å². The van der Waals surface area contributed by atoms with Crippen molar-refractivity contribution in [1.29, 1.82) is 0 Å². The van der Waals surface area contributed by atoms with Crippen LogP contribution in [0.2, 0.25) is 0 Å². The first-order chi connectivity index (χ1) is 12.1. The number of benzene rings is 2. The van der Waals surface area contributed by atoms with E-state index in [1.165, 1.54) is 12.4 Å². The van der Waals surface area contributed by atoms with Gasteiger partial charge in [-0.3, -0.25) is 4.79 Å². The maximum absolute atomic E-state index is 12.0. The van der Waals surface area contributed by atoms with Crippen molar-refractivity contribution in [1.82, 2.24) is 20.1 Å². The number of aromatic nitrogens is 3. The Labute approximate surface area is 144 Å². The molecule has 0 aliphatic heterocycles. The molecule has 0 bridgehead atoms. The average Bonchev–Trinajstić information content (AvgIpc) is 3.16. The molecule has 0 fully saturated rings. The number of carbonyl (C=O) groups is 1. The number of amides is 1. The van der Waals surface area contributed by atoms with Gasteiger partial charge in [0.1, 0.15) is 12.7 Å². The summed E-state index contributed by atoms with van der Waals surface area (Å²) in [7, 11) is 0. The Morgan fingerprint density at radius 2 is 2.00 bits per heavy atom. The second-order valence-electron chi connectivity index (χ2n) is 5.48. The molecule has 0 saturated heterocycles. The summed E-state index contributed by atoms with van der Waals surface area (Å²) in [5, 5.41) is 16.5. The zero-order chi connectivity index (χ0) is 17.6. The minimum absolute atomic E-state index is 0.00653. The van der Waals surface area contributed by atoms with Crippen LogP contribution in [0.1, 0.15) is 18.5 Å². The van der Waals surface area contributed by atoms with Gasteiger partial charge in [0, 0.05) is 0 Å². The Morgan fingerprint density at radius 3 is 2.68 bits per heavy atom. The van der Waals surface area contributed by atoms with Crippen molar-refractivity contribution in [3.05, 3.63) is 66.7 Å². The highest BCUT2D eigenvalue weighted by atomic mass is 16.5. The van der Waals surface area contributed by atoms with Crippen molar-refractivity contribution in [3.63, 3.8) is 0 Å². The fourth-order valence-electron chi connectivity index (χ4n) is 2.35. The standard InChI is InChI=1S/C18H18N4O3/c1-13(14-6-8-15(9-7-14)22-12-19-11-20-22)21-18(24)10-25-17-5-3-2-4-16(17)23/h2-9,11-13,23H,10H2,1H3,(H,21,24). The molecule has 0 aliphatic rings. The number of phenols is 1. The minimum Gasteiger partial charge on any atom is -0.504 e. The number of hydrogen-bond acceptors (Lipinski definition) is 5. The Balaban J connectivity index is 1.55. The molecule has 7 nitrogen and oxygen atoms in total. The highest BCUT2D eigenvalue weighted by Gasteiger charge is 2.11. The molecular weight excluding hydrogens is 320 g/mol. The molecule has 1 heterocycles. The van der Waals surface area contributed by atoms with Crippen molar-refractivity contribution < 1.29 is 14.6 Å². The number of aromatic hydroxyl groups is 1. The Bertz CT molecular complexity index is 832. The van der Waals surface area contributed by atoms with Crippen molar-refractivity contribution in [2.24, 2.45) is 0 Å². The monoisotopic (exact) mass is 338 g/mol. The molecule has 128 valence electrons. The summed E-state index contributed by atoms with van der Waals surface area (Å²) < 4.78 is 6.98. The van der Waals surface area contributed by atoms with Crippen LogP contribution in [0.25, 0.3) is 5.69 Å². The molecule has 7 heteroatoms. The number of hydrogen-bond donors (Lipinski definition) is 2. The molecule has 1 amide bonds. The van der Waals surface area contributed by atoms with E-state index in [2.05, 4.69) is 15.4 Å². The molecule has 3 aromatic rings. The van der Waals surface area contributed by atoms with Gasteiger partial charge in [-0.25, -0.2) is 9.67 Å². The number of rotatable bonds is 6. The van der Waals surface area contributed by atoms with Crippen LogP contribution in [0.4, 0.5) is 0 Å². The van der Waals surface area contributed by atoms with Gasteiger partial charge in [0.05, 0.1) is 11.7 Å². The maximum atomic E-state index is 12.0. The Hall–Kier alpha value is -3.35. The van der Waals surface area contributed by atoms with E-state index >= 15 is 0 Å². The van der Waals surface area contributed by atoms with Crippen LogP contribution in [0.5, 0.6) is 11.5 Å². The Morgan fingerprint density at radius 1 is 1.24 bits per heavy atom. The lowest BCUT2D eigenvalue weighted by atomic mass is 10.1. The number of carbonyl (C=O) groups excluding carboxylic acids is 1. The van der Waals surface area contributed by atoms with E-state index in [9.17, 15) is 9.90 Å². The first-order valence-electron chi connectivity index (χ1n) is 7.78. The highest BCUT2D eigenvalue weighted by Crippen LogP contribution is 2.24. The first kappa shape index (κ1) is 16.5. The second-order valence-corrected chi connectivity index (χ2v) is 5.48. The van der Waals surface area contributed by atoms with E-state index in [1.807, 2.05) is 31.2 Å². The number of ether oxygens (including phenoxy) is 1. The van der Waals surface area contributed by atoms with Gasteiger partial charge in [0.15, 0.2) is 18.1 Å². The molecule has 3 rings (SSSR count). The fourth-order valence-corrected chi connectivity index (χ4v) is 2.35. The molecule has 0 aliphatic carbocycles. The van der Waals surface area contributed by atoms with Gasteiger partial charge in [0.25, 0.3) is 5.91 Å². The zero-order valence-corrected chi connectivity index (χ0v) is 13.7. The first-order valence-corrected chi connectivity index (χ1v) is 7.78. The summed E-state index contributed by atoms with van der Waals surface area (Å²) in [6.07, 6.45) is 3.10. The van der Waals surface area contributed by atoms with Gasteiger partial charge in [-0.2, -0.15) is 5.10 Å². The quantitative estimate of drug-likeness (QED) is 0.719. The predicted octanol–water partition coefficient (Wildman–Crippen LogP) is 2.23. The van der Waals surface area contributed by atoms with Gasteiger partial charge >= 0.3 is 0 Å². The van der Waals surface area contributed by atoms with Crippen LogP contribution < -0.4 is 10.1 Å². The van der Waals surface area contributed by atoms with Gasteiger partial charge in [-0.05, 0) is 36.8 Å². The van der Waals surface area contributed by atoms with Crippen LogP contribution in [0, 0.1) is 0 Å². The summed E-state index contributed by atoms with van der Waals surface area (Å²) in [4.78, 5) is 15.9. The third-order valence-corrected chi connectivity index (χ3v) is 3.68. The second kappa shape index (κ2) is 7.48. The largest absolute Gasteiger partial charge is 0.504 e. The number of nitrogens with one attached hydrogen (secondary N) is 1. The average molecular weight is 338 g/mol. The lowest BCUT2D eigenvalue weighted by Crippen LogP contribution is -2.31. The normalized spacial score (nSPS) is 11.7. The molecule has 2 aromatic carbocycles. The van der Waals surface area contributed by atoms with Gasteiger partial charge in [-0.15, -0.1) is 0 Å². The van der Waals surface area contributed by atoms with Crippen LogP contribution in [0.15, 0.2) is 61.2 Å². The summed E-state index contributed by atoms with van der Waals surface area (Å²) in [5.41, 5.74) is 1.85. The smallest absolute Gasteiger partial charge is 0.258 e. The molecule has 1 atom stereocenters. The lowest BCUT2D eigenvalue weighted by molar-refractivity contribution is -0.123. The van der Waals surface area contributed by atoms with Crippen LogP contribution >= 0.6 is 0 Å². The van der Waals surface area contributed by atoms with Crippen molar-refractivity contribution >= 4 is 5.91 Å². The van der Waals surface area contributed by atoms with Crippen molar-refractivity contribution in [3.8, 4) is 17.2 Å². The maximum Gasteiger partial charge on any atom is 0.258 e. The van der Waals surface area contributed by atoms with E-state index in [-0.39, 0.29) is 30.1 Å². The minimum atomic E-state index is -0.267. The number of para-hydroxylation sites is 2. The van der Waals surface area contributed by atoms with Crippen LogP contribution in [-0.4, -0.2) is 32.4 Å². The molecular formula is C18H18N4O3. The molecule has 0 radical (unpaired) electrons. The third kappa shape index (κ3) is 4.14. The van der Waals surface area contributed by atoms with E-state index < -0.39 is 0 Å². The third-order valence-electron chi connectivity index (χ3n) is 3.68. The van der Waals surface area contributed by atoms with Crippen molar-refractivity contribution in [2.45, 2.75) is 13.0 Å². The summed E-state index contributed by atoms with van der Waals surface area (Å²) in [6, 6.07) is 14.0. The van der Waals surface area contributed by atoms with Gasteiger partial charge in [0.2, 0.25) is 0 Å². The highest BCUT2D eigenvalue weighted by molar-refractivity contribution is 5.78. The van der Waals surface area contributed by atoms with E-state index in [0.29, 0.717) is 0 Å². The summed E-state index contributed by atoms with van der Waals surface area (Å²) >= 11 is 0. The van der Waals surface area contributed by atoms with Crippen LogP contribution in [-0.2, 0) is 4.79 Å². The SMILES string of the molecule is CC(NC(=O)COc1ccccc1O)c1ccc(-n2cncn2)cc1. The number of nitrogens with zero attached hydrogens (tertiary/aromatic N) is 3. The predicted molar refractivity (Wildman–Crippen MR) is 91.5 cm³/mol. The van der Waals surface area contributed by atoms with E-state index in [4.69, 9.17) is 4.74 Å². The molecule has 0 saturated carbocycles. The molecule has 1 unspecified atom stereocenters. The number of phenolic OH excluding ortho intramolecular Hbond substituents is 1. The lowest BCUT2D eigenvalue weighted by Gasteiger charge is -2.15. The molecule has 0 spiro atoms.